The van der Waals surface area contributed by atoms with E-state index in [1.54, 1.807) is 4.90 Å². The van der Waals surface area contributed by atoms with E-state index in [9.17, 15) is 4.79 Å². The first-order valence-electron chi connectivity index (χ1n) is 7.59. The predicted molar refractivity (Wildman–Crippen MR) is 78.5 cm³/mol. The Labute approximate surface area is 126 Å². The minimum Gasteiger partial charge on any atom is -0.447 e. The fourth-order valence-corrected chi connectivity index (χ4v) is 1.79. The van der Waals surface area contributed by atoms with Crippen LogP contribution in [0.5, 0.6) is 0 Å². The number of nitrogens with zero attached hydrogens (tertiary/aromatic N) is 1. The number of nitrogens with one attached hydrogen (secondary N) is 1. The van der Waals surface area contributed by atoms with Gasteiger partial charge in [0, 0.05) is 26.2 Å². The average molecular weight is 304 g/mol. The van der Waals surface area contributed by atoms with Gasteiger partial charge in [0.2, 0.25) is 0 Å². The molecule has 0 atom stereocenters. The van der Waals surface area contributed by atoms with Gasteiger partial charge in [0.1, 0.15) is 6.61 Å². The highest BCUT2D eigenvalue weighted by Gasteiger charge is 2.16. The van der Waals surface area contributed by atoms with E-state index in [1.807, 2.05) is 13.8 Å². The average Bonchev–Trinajstić information content (AvgIpc) is 2.49. The smallest absolute Gasteiger partial charge is 0.409 e. The predicted octanol–water partition coefficient (Wildman–Crippen LogP) is 0.486. The molecule has 0 bridgehead atoms. The van der Waals surface area contributed by atoms with Crippen LogP contribution in [0.25, 0.3) is 0 Å². The largest absolute Gasteiger partial charge is 0.447 e. The van der Waals surface area contributed by atoms with Gasteiger partial charge in [-0.05, 0) is 13.8 Å². The zero-order chi connectivity index (χ0) is 15.3. The van der Waals surface area contributed by atoms with E-state index in [0.29, 0.717) is 46.1 Å². The molecular formula is C14H28N2O5. The molecule has 1 amide bonds. The molecule has 21 heavy (non-hydrogen) atoms. The Morgan fingerprint density at radius 3 is 2.19 bits per heavy atom. The van der Waals surface area contributed by atoms with E-state index < -0.39 is 0 Å². The first-order valence-corrected chi connectivity index (χ1v) is 7.59. The molecule has 1 saturated heterocycles. The maximum Gasteiger partial charge on any atom is 0.409 e. The Balaban J connectivity index is 1.82. The summed E-state index contributed by atoms with van der Waals surface area (Å²) in [4.78, 5) is 13.3. The summed E-state index contributed by atoms with van der Waals surface area (Å²) in [6.45, 7) is 9.88. The quantitative estimate of drug-likeness (QED) is 0.592. The topological polar surface area (TPSA) is 69.3 Å². The summed E-state index contributed by atoms with van der Waals surface area (Å²) in [7, 11) is 0. The lowest BCUT2D eigenvalue weighted by Gasteiger charge is -2.26. The summed E-state index contributed by atoms with van der Waals surface area (Å²) in [5.74, 6) is 0. The van der Waals surface area contributed by atoms with Crippen molar-refractivity contribution < 1.29 is 23.7 Å². The zero-order valence-corrected chi connectivity index (χ0v) is 13.1. The molecule has 0 unspecified atom stereocenters. The van der Waals surface area contributed by atoms with Gasteiger partial charge >= 0.3 is 6.09 Å². The van der Waals surface area contributed by atoms with Gasteiger partial charge < -0.3 is 29.2 Å². The number of rotatable bonds is 10. The van der Waals surface area contributed by atoms with Crippen molar-refractivity contribution in [2.24, 2.45) is 0 Å². The van der Waals surface area contributed by atoms with Crippen LogP contribution in [0.3, 0.4) is 0 Å². The molecular weight excluding hydrogens is 276 g/mol. The Hall–Kier alpha value is -0.890. The van der Waals surface area contributed by atoms with Crippen molar-refractivity contribution in [1.29, 1.82) is 0 Å². The number of ether oxygens (including phenoxy) is 4. The van der Waals surface area contributed by atoms with Gasteiger partial charge in [-0.15, -0.1) is 0 Å². The molecule has 1 heterocycles. The minimum atomic E-state index is -0.262. The van der Waals surface area contributed by atoms with E-state index >= 15 is 0 Å². The van der Waals surface area contributed by atoms with Gasteiger partial charge in [0.05, 0.1) is 39.1 Å². The molecule has 7 nitrogen and oxygen atoms in total. The second kappa shape index (κ2) is 11.7. The van der Waals surface area contributed by atoms with E-state index in [4.69, 9.17) is 18.9 Å². The highest BCUT2D eigenvalue weighted by atomic mass is 16.6. The molecule has 1 fully saturated rings. The molecule has 7 heteroatoms. The van der Waals surface area contributed by atoms with Crippen molar-refractivity contribution in [2.75, 3.05) is 65.8 Å². The van der Waals surface area contributed by atoms with Crippen molar-refractivity contribution in [3.05, 3.63) is 0 Å². The molecule has 0 aromatic rings. The van der Waals surface area contributed by atoms with Crippen LogP contribution in [-0.2, 0) is 18.9 Å². The third-order valence-electron chi connectivity index (χ3n) is 2.88. The number of hydrogen-bond donors (Lipinski definition) is 1. The van der Waals surface area contributed by atoms with Crippen molar-refractivity contribution >= 4 is 6.09 Å². The molecule has 0 aliphatic carbocycles. The summed E-state index contributed by atoms with van der Waals surface area (Å²) < 4.78 is 21.1. The highest BCUT2D eigenvalue weighted by molar-refractivity contribution is 5.67. The first kappa shape index (κ1) is 18.2. The summed E-state index contributed by atoms with van der Waals surface area (Å²) >= 11 is 0. The molecule has 1 rings (SSSR count). The van der Waals surface area contributed by atoms with Crippen LogP contribution in [0.1, 0.15) is 13.8 Å². The second-order valence-electron chi connectivity index (χ2n) is 5.00. The van der Waals surface area contributed by atoms with E-state index in [0.717, 1.165) is 13.1 Å². The Morgan fingerprint density at radius 2 is 1.57 bits per heavy atom. The lowest BCUT2D eigenvalue weighted by molar-refractivity contribution is -0.00850. The Morgan fingerprint density at radius 1 is 1.00 bits per heavy atom. The van der Waals surface area contributed by atoms with Crippen LogP contribution in [0, 0.1) is 0 Å². The summed E-state index contributed by atoms with van der Waals surface area (Å²) in [6.07, 6.45) is -0.0302. The van der Waals surface area contributed by atoms with Crippen LogP contribution in [0.15, 0.2) is 0 Å². The zero-order valence-electron chi connectivity index (χ0n) is 13.1. The highest BCUT2D eigenvalue weighted by Crippen LogP contribution is 1.96. The molecule has 0 radical (unpaired) electrons. The third kappa shape index (κ3) is 9.62. The maximum atomic E-state index is 11.6. The number of hydrogen-bond acceptors (Lipinski definition) is 6. The van der Waals surface area contributed by atoms with Gasteiger partial charge in [-0.1, -0.05) is 0 Å². The van der Waals surface area contributed by atoms with E-state index in [2.05, 4.69) is 5.32 Å². The van der Waals surface area contributed by atoms with Gasteiger partial charge in [-0.25, -0.2) is 4.79 Å². The van der Waals surface area contributed by atoms with E-state index in [1.165, 1.54) is 0 Å². The van der Waals surface area contributed by atoms with E-state index in [-0.39, 0.29) is 18.8 Å². The third-order valence-corrected chi connectivity index (χ3v) is 2.88. The number of piperazine rings is 1. The summed E-state index contributed by atoms with van der Waals surface area (Å²) in [6, 6.07) is 0. The van der Waals surface area contributed by atoms with Crippen molar-refractivity contribution in [3.63, 3.8) is 0 Å². The molecule has 0 aromatic carbocycles. The normalized spacial score (nSPS) is 15.5. The minimum absolute atomic E-state index is 0.232. The fourth-order valence-electron chi connectivity index (χ4n) is 1.79. The van der Waals surface area contributed by atoms with Crippen LogP contribution in [0.2, 0.25) is 0 Å². The summed E-state index contributed by atoms with van der Waals surface area (Å²) in [5.41, 5.74) is 0. The second-order valence-corrected chi connectivity index (χ2v) is 5.00. The molecule has 1 aliphatic heterocycles. The molecule has 0 spiro atoms. The molecule has 0 aromatic heterocycles. The van der Waals surface area contributed by atoms with Crippen molar-refractivity contribution in [2.45, 2.75) is 20.0 Å². The van der Waals surface area contributed by atoms with Crippen LogP contribution >= 0.6 is 0 Å². The Bertz CT molecular complexity index is 270. The molecule has 1 aliphatic rings. The maximum absolute atomic E-state index is 11.6. The van der Waals surface area contributed by atoms with Gasteiger partial charge in [0.15, 0.2) is 0 Å². The molecule has 0 saturated carbocycles. The number of amides is 1. The van der Waals surface area contributed by atoms with Crippen LogP contribution in [0.4, 0.5) is 4.79 Å². The molecule has 1 N–H and O–H groups in total. The fraction of sp³-hybridized carbons (Fsp3) is 0.929. The standard InChI is InChI=1S/C14H28N2O5/c1-13(2)20-11-9-18-7-8-19-10-12-21-14(17)16-5-3-15-4-6-16/h13,15H,3-12H2,1-2H3. The monoisotopic (exact) mass is 304 g/mol. The Kier molecular flexibility index (Phi) is 10.1. The van der Waals surface area contributed by atoms with Crippen LogP contribution in [-0.4, -0.2) is 82.9 Å². The first-order chi connectivity index (χ1) is 10.2. The number of carbonyl (C=O) groups excluding carboxylic acids is 1. The van der Waals surface area contributed by atoms with Crippen LogP contribution < -0.4 is 5.32 Å². The molecule has 124 valence electrons. The van der Waals surface area contributed by atoms with Crippen molar-refractivity contribution in [1.82, 2.24) is 10.2 Å². The SMILES string of the molecule is CC(C)OCCOCCOCCOC(=O)N1CCNCC1. The summed E-state index contributed by atoms with van der Waals surface area (Å²) in [5, 5.41) is 3.18. The van der Waals surface area contributed by atoms with Crippen molar-refractivity contribution in [3.8, 4) is 0 Å². The van der Waals surface area contributed by atoms with Gasteiger partial charge in [0.25, 0.3) is 0 Å². The number of carbonyl (C=O) groups is 1. The van der Waals surface area contributed by atoms with Gasteiger partial charge in [-0.3, -0.25) is 0 Å². The lowest BCUT2D eigenvalue weighted by atomic mass is 10.4. The van der Waals surface area contributed by atoms with Gasteiger partial charge in [-0.2, -0.15) is 0 Å². The lowest BCUT2D eigenvalue weighted by Crippen LogP contribution is -2.46.